The molecule has 0 spiro atoms. The van der Waals surface area contributed by atoms with Gasteiger partial charge in [-0.1, -0.05) is 32.4 Å². The van der Waals surface area contributed by atoms with Crippen molar-refractivity contribution < 1.29 is 0 Å². The van der Waals surface area contributed by atoms with Gasteiger partial charge in [-0.2, -0.15) is 0 Å². The Morgan fingerprint density at radius 3 is 2.76 bits per heavy atom. The lowest BCUT2D eigenvalue weighted by molar-refractivity contribution is 0.152. The van der Waals surface area contributed by atoms with Crippen molar-refractivity contribution in [3.05, 3.63) is 27.8 Å². The molecule has 5 heteroatoms. The standard InChI is InChI=1S/C16H20ClN3O/c1-15(2)9-6-7-16(15,3)8-11(9)20-13-10(18-14(20)21)4-5-12(17)19-13/h4-5,9,11H,6-8H2,1-3H3,(H,18,21). The molecule has 2 fully saturated rings. The van der Waals surface area contributed by atoms with E-state index in [2.05, 4.69) is 30.7 Å². The molecule has 3 unspecified atom stereocenters. The van der Waals surface area contributed by atoms with Crippen LogP contribution >= 0.6 is 11.6 Å². The molecule has 112 valence electrons. The van der Waals surface area contributed by atoms with E-state index in [0.717, 1.165) is 11.9 Å². The fourth-order valence-corrected chi connectivity index (χ4v) is 4.95. The molecule has 2 aliphatic carbocycles. The van der Waals surface area contributed by atoms with Gasteiger partial charge in [-0.15, -0.1) is 0 Å². The molecule has 0 radical (unpaired) electrons. The van der Waals surface area contributed by atoms with Gasteiger partial charge in [-0.25, -0.2) is 9.78 Å². The van der Waals surface area contributed by atoms with Crippen molar-refractivity contribution in [2.24, 2.45) is 16.7 Å². The van der Waals surface area contributed by atoms with Gasteiger partial charge in [0, 0.05) is 6.04 Å². The molecule has 2 aliphatic rings. The number of imidazole rings is 1. The van der Waals surface area contributed by atoms with E-state index in [0.29, 0.717) is 22.1 Å². The third-order valence-electron chi connectivity index (χ3n) is 6.48. The predicted molar refractivity (Wildman–Crippen MR) is 83.6 cm³/mol. The Hall–Kier alpha value is -1.29. The van der Waals surface area contributed by atoms with Gasteiger partial charge < -0.3 is 4.98 Å². The number of aromatic amines is 1. The molecule has 1 N–H and O–H groups in total. The van der Waals surface area contributed by atoms with Crippen LogP contribution in [0.1, 0.15) is 46.1 Å². The molecule has 21 heavy (non-hydrogen) atoms. The highest BCUT2D eigenvalue weighted by molar-refractivity contribution is 6.29. The maximum absolute atomic E-state index is 12.5. The highest BCUT2D eigenvalue weighted by Gasteiger charge is 2.61. The molecule has 4 nitrogen and oxygen atoms in total. The smallest absolute Gasteiger partial charge is 0.304 e. The van der Waals surface area contributed by atoms with Crippen LogP contribution in [-0.2, 0) is 0 Å². The molecular weight excluding hydrogens is 286 g/mol. The van der Waals surface area contributed by atoms with Gasteiger partial charge in [0.25, 0.3) is 0 Å². The largest absolute Gasteiger partial charge is 0.327 e. The molecule has 0 amide bonds. The van der Waals surface area contributed by atoms with E-state index in [-0.39, 0.29) is 17.1 Å². The summed E-state index contributed by atoms with van der Waals surface area (Å²) in [5.41, 5.74) is 1.99. The number of hydrogen-bond donors (Lipinski definition) is 1. The minimum atomic E-state index is -0.0586. The fourth-order valence-electron chi connectivity index (χ4n) is 4.80. The van der Waals surface area contributed by atoms with Gasteiger partial charge in [-0.05, 0) is 48.1 Å². The number of nitrogens with zero attached hydrogens (tertiary/aromatic N) is 2. The number of pyridine rings is 1. The van der Waals surface area contributed by atoms with Crippen LogP contribution in [0.3, 0.4) is 0 Å². The second-order valence-corrected chi connectivity index (χ2v) is 7.89. The minimum Gasteiger partial charge on any atom is -0.304 e. The zero-order chi connectivity index (χ0) is 15.0. The number of nitrogens with one attached hydrogen (secondary N) is 1. The molecule has 4 rings (SSSR count). The summed E-state index contributed by atoms with van der Waals surface area (Å²) in [6, 6.07) is 3.78. The van der Waals surface area contributed by atoms with Crippen molar-refractivity contribution in [1.82, 2.24) is 14.5 Å². The van der Waals surface area contributed by atoms with E-state index < -0.39 is 0 Å². The maximum atomic E-state index is 12.5. The van der Waals surface area contributed by atoms with Gasteiger partial charge in [-0.3, -0.25) is 4.57 Å². The van der Waals surface area contributed by atoms with Crippen LogP contribution in [0.5, 0.6) is 0 Å². The highest BCUT2D eigenvalue weighted by atomic mass is 35.5. The first kappa shape index (κ1) is 13.4. The van der Waals surface area contributed by atoms with Crippen molar-refractivity contribution in [2.75, 3.05) is 0 Å². The number of hydrogen-bond acceptors (Lipinski definition) is 2. The molecule has 2 bridgehead atoms. The van der Waals surface area contributed by atoms with Crippen LogP contribution in [-0.4, -0.2) is 14.5 Å². The van der Waals surface area contributed by atoms with Crippen molar-refractivity contribution in [3.8, 4) is 0 Å². The van der Waals surface area contributed by atoms with Gasteiger partial charge in [0.2, 0.25) is 0 Å². The first-order valence-electron chi connectivity index (χ1n) is 7.60. The normalized spacial score (nSPS) is 33.9. The van der Waals surface area contributed by atoms with Gasteiger partial charge in [0.05, 0.1) is 5.52 Å². The van der Waals surface area contributed by atoms with Crippen molar-refractivity contribution >= 4 is 22.8 Å². The molecule has 0 aromatic carbocycles. The summed E-state index contributed by atoms with van der Waals surface area (Å²) in [5, 5.41) is 0.434. The second kappa shape index (κ2) is 3.92. The number of rotatable bonds is 1. The molecule has 3 atom stereocenters. The Bertz CT molecular complexity index is 788. The molecule has 2 heterocycles. The monoisotopic (exact) mass is 305 g/mol. The fraction of sp³-hybridized carbons (Fsp3) is 0.625. The average Bonchev–Trinajstić information content (AvgIpc) is 2.90. The molecular formula is C16H20ClN3O. The number of H-pyrrole nitrogens is 1. The van der Waals surface area contributed by atoms with E-state index >= 15 is 0 Å². The molecule has 2 aromatic rings. The Morgan fingerprint density at radius 2 is 2.14 bits per heavy atom. The zero-order valence-corrected chi connectivity index (χ0v) is 13.4. The molecule has 0 saturated heterocycles. The Labute approximate surface area is 128 Å². The minimum absolute atomic E-state index is 0.0586. The number of fused-ring (bicyclic) bond motifs is 3. The highest BCUT2D eigenvalue weighted by Crippen LogP contribution is 2.68. The third kappa shape index (κ3) is 1.57. The van der Waals surface area contributed by atoms with Crippen molar-refractivity contribution in [1.29, 1.82) is 0 Å². The topological polar surface area (TPSA) is 50.7 Å². The van der Waals surface area contributed by atoms with Crippen LogP contribution in [0.25, 0.3) is 11.2 Å². The van der Waals surface area contributed by atoms with Crippen LogP contribution < -0.4 is 5.69 Å². The first-order chi connectivity index (χ1) is 9.83. The number of aromatic nitrogens is 3. The van der Waals surface area contributed by atoms with E-state index in [1.54, 1.807) is 6.07 Å². The summed E-state index contributed by atoms with van der Waals surface area (Å²) in [6.07, 6.45) is 3.49. The van der Waals surface area contributed by atoms with E-state index in [4.69, 9.17) is 11.6 Å². The first-order valence-corrected chi connectivity index (χ1v) is 7.98. The summed E-state index contributed by atoms with van der Waals surface area (Å²) in [5.74, 6) is 0.528. The summed E-state index contributed by atoms with van der Waals surface area (Å²) >= 11 is 6.03. The van der Waals surface area contributed by atoms with Crippen LogP contribution in [0, 0.1) is 16.7 Å². The lowest BCUT2D eigenvalue weighted by Gasteiger charge is -2.33. The van der Waals surface area contributed by atoms with Gasteiger partial charge in [0.15, 0.2) is 5.65 Å². The van der Waals surface area contributed by atoms with Gasteiger partial charge >= 0.3 is 5.69 Å². The van der Waals surface area contributed by atoms with Crippen LogP contribution in [0.4, 0.5) is 0 Å². The summed E-state index contributed by atoms with van der Waals surface area (Å²) in [4.78, 5) is 19.8. The van der Waals surface area contributed by atoms with Crippen LogP contribution in [0.2, 0.25) is 5.15 Å². The molecule has 2 aromatic heterocycles. The second-order valence-electron chi connectivity index (χ2n) is 7.50. The maximum Gasteiger partial charge on any atom is 0.327 e. The lowest BCUT2D eigenvalue weighted by Crippen LogP contribution is -2.28. The summed E-state index contributed by atoms with van der Waals surface area (Å²) in [6.45, 7) is 7.07. The summed E-state index contributed by atoms with van der Waals surface area (Å²) < 4.78 is 1.86. The predicted octanol–water partition coefficient (Wildman–Crippen LogP) is 3.77. The van der Waals surface area contributed by atoms with Crippen LogP contribution in [0.15, 0.2) is 16.9 Å². The SMILES string of the molecule is CC12CCC(C(n3c(=O)[nH]c4ccc(Cl)nc43)C1)C2(C)C. The zero-order valence-electron chi connectivity index (χ0n) is 12.6. The Kier molecular flexibility index (Phi) is 2.49. The quantitative estimate of drug-likeness (QED) is 0.815. The Balaban J connectivity index is 1.91. The van der Waals surface area contributed by atoms with Crippen molar-refractivity contribution in [2.45, 2.75) is 46.1 Å². The summed E-state index contributed by atoms with van der Waals surface area (Å²) in [7, 11) is 0. The molecule has 2 saturated carbocycles. The van der Waals surface area contributed by atoms with E-state index in [1.165, 1.54) is 12.8 Å². The van der Waals surface area contributed by atoms with E-state index in [1.807, 2.05) is 10.6 Å². The van der Waals surface area contributed by atoms with Crippen molar-refractivity contribution in [3.63, 3.8) is 0 Å². The van der Waals surface area contributed by atoms with E-state index in [9.17, 15) is 4.79 Å². The average molecular weight is 306 g/mol. The third-order valence-corrected chi connectivity index (χ3v) is 6.69. The lowest BCUT2D eigenvalue weighted by atomic mass is 9.71. The van der Waals surface area contributed by atoms with Gasteiger partial charge in [0.1, 0.15) is 5.15 Å². The molecule has 0 aliphatic heterocycles. The number of halogens is 1. The Morgan fingerprint density at radius 1 is 1.38 bits per heavy atom.